The van der Waals surface area contributed by atoms with Gasteiger partial charge in [0.15, 0.2) is 11.5 Å². The molecule has 0 aliphatic heterocycles. The SMILES string of the molecule is CC(C)CNC(=O)c1cc(CN(CCc2ccccc2)C(=O)C2CC2)on1. The minimum atomic E-state index is -0.247. The van der Waals surface area contributed by atoms with Crippen LogP contribution in [-0.2, 0) is 17.8 Å². The number of nitrogens with one attached hydrogen (secondary N) is 1. The van der Waals surface area contributed by atoms with Crippen LogP contribution in [0.15, 0.2) is 40.9 Å². The average molecular weight is 369 g/mol. The van der Waals surface area contributed by atoms with E-state index in [0.717, 1.165) is 19.3 Å². The van der Waals surface area contributed by atoms with Crippen molar-refractivity contribution in [2.45, 2.75) is 39.7 Å². The predicted octanol–water partition coefficient (Wildman–Crippen LogP) is 3.04. The molecule has 2 aromatic rings. The van der Waals surface area contributed by atoms with E-state index in [9.17, 15) is 9.59 Å². The highest BCUT2D eigenvalue weighted by molar-refractivity contribution is 5.92. The zero-order chi connectivity index (χ0) is 19.2. The van der Waals surface area contributed by atoms with E-state index in [4.69, 9.17) is 4.52 Å². The molecule has 6 heteroatoms. The van der Waals surface area contributed by atoms with Gasteiger partial charge < -0.3 is 14.7 Å². The van der Waals surface area contributed by atoms with Crippen LogP contribution in [0.1, 0.15) is 48.5 Å². The van der Waals surface area contributed by atoms with Crippen molar-refractivity contribution in [1.82, 2.24) is 15.4 Å². The molecular formula is C21H27N3O3. The Morgan fingerprint density at radius 3 is 2.67 bits per heavy atom. The molecule has 1 fully saturated rings. The molecule has 1 saturated carbocycles. The molecule has 0 atom stereocenters. The lowest BCUT2D eigenvalue weighted by atomic mass is 10.1. The lowest BCUT2D eigenvalue weighted by Gasteiger charge is -2.21. The fraction of sp³-hybridized carbons (Fsp3) is 0.476. The van der Waals surface area contributed by atoms with Gasteiger partial charge in [-0.2, -0.15) is 0 Å². The summed E-state index contributed by atoms with van der Waals surface area (Å²) in [4.78, 5) is 26.6. The minimum Gasteiger partial charge on any atom is -0.359 e. The van der Waals surface area contributed by atoms with Crippen molar-refractivity contribution in [3.05, 3.63) is 53.4 Å². The molecule has 2 amide bonds. The Balaban J connectivity index is 1.61. The van der Waals surface area contributed by atoms with E-state index in [0.29, 0.717) is 31.3 Å². The van der Waals surface area contributed by atoms with Gasteiger partial charge in [0.05, 0.1) is 6.54 Å². The number of nitrogens with zero attached hydrogens (tertiary/aromatic N) is 2. The molecule has 1 aliphatic rings. The zero-order valence-corrected chi connectivity index (χ0v) is 16.0. The molecule has 0 bridgehead atoms. The lowest BCUT2D eigenvalue weighted by Crippen LogP contribution is -2.33. The van der Waals surface area contributed by atoms with E-state index in [2.05, 4.69) is 22.6 Å². The highest BCUT2D eigenvalue weighted by atomic mass is 16.5. The number of carbonyl (C=O) groups is 2. The highest BCUT2D eigenvalue weighted by Gasteiger charge is 2.33. The van der Waals surface area contributed by atoms with Crippen LogP contribution >= 0.6 is 0 Å². The molecule has 1 aliphatic carbocycles. The number of hydrogen-bond donors (Lipinski definition) is 1. The molecule has 1 aromatic heterocycles. The molecule has 0 saturated heterocycles. The Kier molecular flexibility index (Phi) is 6.27. The summed E-state index contributed by atoms with van der Waals surface area (Å²) in [5.74, 6) is 0.949. The van der Waals surface area contributed by atoms with Crippen LogP contribution in [0, 0.1) is 11.8 Å². The smallest absolute Gasteiger partial charge is 0.273 e. The maximum absolute atomic E-state index is 12.6. The first-order valence-corrected chi connectivity index (χ1v) is 9.59. The zero-order valence-electron chi connectivity index (χ0n) is 16.0. The lowest BCUT2D eigenvalue weighted by molar-refractivity contribution is -0.133. The maximum atomic E-state index is 12.6. The summed E-state index contributed by atoms with van der Waals surface area (Å²) in [5.41, 5.74) is 1.45. The summed E-state index contributed by atoms with van der Waals surface area (Å²) in [7, 11) is 0. The van der Waals surface area contributed by atoms with Gasteiger partial charge in [-0.15, -0.1) is 0 Å². The van der Waals surface area contributed by atoms with E-state index in [1.807, 2.05) is 36.9 Å². The number of carbonyl (C=O) groups excluding carboxylic acids is 2. The second-order valence-corrected chi connectivity index (χ2v) is 7.55. The molecule has 1 heterocycles. The molecule has 0 radical (unpaired) electrons. The van der Waals surface area contributed by atoms with Crippen molar-refractivity contribution >= 4 is 11.8 Å². The fourth-order valence-corrected chi connectivity index (χ4v) is 2.83. The number of benzene rings is 1. The first-order chi connectivity index (χ1) is 13.0. The van der Waals surface area contributed by atoms with Gasteiger partial charge in [-0.05, 0) is 30.7 Å². The summed E-state index contributed by atoms with van der Waals surface area (Å²) >= 11 is 0. The number of aromatic nitrogens is 1. The van der Waals surface area contributed by atoms with Crippen molar-refractivity contribution in [3.63, 3.8) is 0 Å². The van der Waals surface area contributed by atoms with Crippen LogP contribution in [-0.4, -0.2) is 35.0 Å². The van der Waals surface area contributed by atoms with Gasteiger partial charge in [0, 0.05) is 25.1 Å². The van der Waals surface area contributed by atoms with Gasteiger partial charge in [-0.25, -0.2) is 0 Å². The van der Waals surface area contributed by atoms with Gasteiger partial charge in [0.2, 0.25) is 5.91 Å². The predicted molar refractivity (Wildman–Crippen MR) is 102 cm³/mol. The second-order valence-electron chi connectivity index (χ2n) is 7.55. The average Bonchev–Trinajstić information content (AvgIpc) is 3.42. The molecule has 6 nitrogen and oxygen atoms in total. The van der Waals surface area contributed by atoms with Crippen LogP contribution in [0.4, 0.5) is 0 Å². The third-order valence-electron chi connectivity index (χ3n) is 4.56. The summed E-state index contributed by atoms with van der Waals surface area (Å²) in [6, 6.07) is 11.7. The van der Waals surface area contributed by atoms with Crippen molar-refractivity contribution in [2.24, 2.45) is 11.8 Å². The topological polar surface area (TPSA) is 75.4 Å². The molecule has 0 spiro atoms. The Hall–Kier alpha value is -2.63. The molecule has 0 unspecified atom stereocenters. The van der Waals surface area contributed by atoms with E-state index < -0.39 is 0 Å². The number of hydrogen-bond acceptors (Lipinski definition) is 4. The van der Waals surface area contributed by atoms with Crippen LogP contribution in [0.25, 0.3) is 0 Å². The fourth-order valence-electron chi connectivity index (χ4n) is 2.83. The Bertz CT molecular complexity index is 766. The summed E-state index contributed by atoms with van der Waals surface area (Å²) in [6.45, 7) is 5.61. The molecule has 1 aromatic carbocycles. The van der Waals surface area contributed by atoms with E-state index in [1.165, 1.54) is 5.56 Å². The van der Waals surface area contributed by atoms with Gasteiger partial charge in [0.25, 0.3) is 5.91 Å². The van der Waals surface area contributed by atoms with Gasteiger partial charge in [-0.3, -0.25) is 9.59 Å². The molecule has 3 rings (SSSR count). The second kappa shape index (κ2) is 8.84. The van der Waals surface area contributed by atoms with Crippen molar-refractivity contribution in [2.75, 3.05) is 13.1 Å². The Morgan fingerprint density at radius 2 is 2.00 bits per heavy atom. The van der Waals surface area contributed by atoms with Crippen LogP contribution in [0.3, 0.4) is 0 Å². The van der Waals surface area contributed by atoms with Crippen LogP contribution in [0.2, 0.25) is 0 Å². The third-order valence-corrected chi connectivity index (χ3v) is 4.56. The Labute approximate surface area is 159 Å². The monoisotopic (exact) mass is 369 g/mol. The third kappa shape index (κ3) is 5.67. The summed E-state index contributed by atoms with van der Waals surface area (Å²) in [5, 5.41) is 6.68. The normalized spacial score (nSPS) is 13.6. The van der Waals surface area contributed by atoms with Gasteiger partial charge >= 0.3 is 0 Å². The maximum Gasteiger partial charge on any atom is 0.273 e. The molecule has 1 N–H and O–H groups in total. The van der Waals surface area contributed by atoms with Crippen molar-refractivity contribution in [1.29, 1.82) is 0 Å². The Morgan fingerprint density at radius 1 is 1.26 bits per heavy atom. The standard InChI is InChI=1S/C21H27N3O3/c1-15(2)13-22-20(25)19-12-18(27-23-19)14-24(21(26)17-8-9-17)11-10-16-6-4-3-5-7-16/h3-7,12,15,17H,8-11,13-14H2,1-2H3,(H,22,25). The first-order valence-electron chi connectivity index (χ1n) is 9.59. The van der Waals surface area contributed by atoms with Gasteiger partial charge in [-0.1, -0.05) is 49.3 Å². The summed E-state index contributed by atoms with van der Waals surface area (Å²) in [6.07, 6.45) is 2.70. The highest BCUT2D eigenvalue weighted by Crippen LogP contribution is 2.31. The van der Waals surface area contributed by atoms with Gasteiger partial charge in [0.1, 0.15) is 0 Å². The quantitative estimate of drug-likeness (QED) is 0.737. The van der Waals surface area contributed by atoms with E-state index in [1.54, 1.807) is 6.07 Å². The minimum absolute atomic E-state index is 0.137. The summed E-state index contributed by atoms with van der Waals surface area (Å²) < 4.78 is 5.32. The van der Waals surface area contributed by atoms with Crippen LogP contribution < -0.4 is 5.32 Å². The number of amides is 2. The first kappa shape index (κ1) is 19.1. The van der Waals surface area contributed by atoms with Crippen molar-refractivity contribution in [3.8, 4) is 0 Å². The largest absolute Gasteiger partial charge is 0.359 e. The molecule has 27 heavy (non-hydrogen) atoms. The van der Waals surface area contributed by atoms with E-state index in [-0.39, 0.29) is 23.4 Å². The molecular weight excluding hydrogens is 342 g/mol. The van der Waals surface area contributed by atoms with Crippen LogP contribution in [0.5, 0.6) is 0 Å². The van der Waals surface area contributed by atoms with Crippen molar-refractivity contribution < 1.29 is 14.1 Å². The van der Waals surface area contributed by atoms with E-state index >= 15 is 0 Å². The molecule has 144 valence electrons. The number of rotatable bonds is 9.